The summed E-state index contributed by atoms with van der Waals surface area (Å²) in [6, 6.07) is 9.54. The summed E-state index contributed by atoms with van der Waals surface area (Å²) < 4.78 is 90.5. The molecule has 12 heteroatoms. The molecule has 0 spiro atoms. The lowest BCUT2D eigenvalue weighted by Gasteiger charge is -2.46. The Kier molecular flexibility index (Phi) is 6.77. The van der Waals surface area contributed by atoms with Gasteiger partial charge in [0, 0.05) is 18.0 Å². The molecule has 5 rings (SSSR count). The van der Waals surface area contributed by atoms with E-state index in [1.54, 1.807) is 24.0 Å². The average molecular weight is 573 g/mol. The fourth-order valence-corrected chi connectivity index (χ4v) is 7.20. The molecule has 2 saturated heterocycles. The summed E-state index contributed by atoms with van der Waals surface area (Å²) in [5, 5.41) is 0. The number of phosphoric acid groups is 1. The second-order valence-corrected chi connectivity index (χ2v) is 12.7. The van der Waals surface area contributed by atoms with Crippen molar-refractivity contribution in [2.24, 2.45) is 5.41 Å². The third kappa shape index (κ3) is 4.81. The van der Waals surface area contributed by atoms with Crippen molar-refractivity contribution in [1.82, 2.24) is 4.90 Å². The van der Waals surface area contributed by atoms with Crippen LogP contribution in [0.4, 0.5) is 22.0 Å². The summed E-state index contributed by atoms with van der Waals surface area (Å²) in [6.07, 6.45) is -3.49. The van der Waals surface area contributed by atoms with Crippen LogP contribution in [0.3, 0.4) is 0 Å². The SMILES string of the molecule is CC1(C(=O)N2CC[C@@]3(Cc4ccc(F)cc4)c4ccc(C(C)(F)C(F)(F)F)cc4CC[C@@H]23)COP(=O)(O)OC1. The molecule has 0 bridgehead atoms. The quantitative estimate of drug-likeness (QED) is 0.372. The van der Waals surface area contributed by atoms with Crippen LogP contribution in [0.25, 0.3) is 0 Å². The number of carbonyl (C=O) groups excluding carboxylic acids is 1. The van der Waals surface area contributed by atoms with Gasteiger partial charge in [-0.25, -0.2) is 13.3 Å². The summed E-state index contributed by atoms with van der Waals surface area (Å²) in [4.78, 5) is 25.1. The van der Waals surface area contributed by atoms with Crippen molar-refractivity contribution in [1.29, 1.82) is 0 Å². The second-order valence-electron chi connectivity index (χ2n) is 11.2. The van der Waals surface area contributed by atoms with E-state index in [2.05, 4.69) is 0 Å². The number of likely N-dealkylation sites (tertiary alicyclic amines) is 1. The van der Waals surface area contributed by atoms with E-state index in [1.165, 1.54) is 24.3 Å². The van der Waals surface area contributed by atoms with Gasteiger partial charge >= 0.3 is 14.0 Å². The number of aryl methyl sites for hydroxylation is 1. The fourth-order valence-electron chi connectivity index (χ4n) is 6.23. The highest BCUT2D eigenvalue weighted by Gasteiger charge is 2.57. The summed E-state index contributed by atoms with van der Waals surface area (Å²) in [7, 11) is -4.22. The highest BCUT2D eigenvalue weighted by molar-refractivity contribution is 7.47. The van der Waals surface area contributed by atoms with E-state index >= 15 is 0 Å². The topological polar surface area (TPSA) is 76.1 Å². The van der Waals surface area contributed by atoms with Gasteiger partial charge in [-0.2, -0.15) is 13.2 Å². The van der Waals surface area contributed by atoms with E-state index in [9.17, 15) is 36.2 Å². The van der Waals surface area contributed by atoms with E-state index in [0.29, 0.717) is 44.7 Å². The Bertz CT molecular complexity index is 1320. The standard InChI is InChI=1S/C27H29F5NO5P/c1-24(15-37-39(35,36)38-16-24)23(34)33-12-11-26(14-17-3-7-20(28)8-4-17)21-9-6-19(25(2,29)27(30,31)32)13-18(21)5-10-22(26)33/h3-4,6-9,13,22H,5,10-12,14-16H2,1-2H3,(H,35,36)/t22-,25?,26-/m1/s1. The van der Waals surface area contributed by atoms with Crippen molar-refractivity contribution in [2.75, 3.05) is 19.8 Å². The van der Waals surface area contributed by atoms with Gasteiger partial charge in [-0.1, -0.05) is 30.3 Å². The number of rotatable bonds is 4. The normalized spacial score (nSPS) is 32.3. The molecular formula is C27H29F5NO5P. The molecule has 3 aliphatic rings. The van der Waals surface area contributed by atoms with E-state index in [-0.39, 0.29) is 25.2 Å². The van der Waals surface area contributed by atoms with Crippen LogP contribution in [0.5, 0.6) is 0 Å². The van der Waals surface area contributed by atoms with Crippen molar-refractivity contribution in [3.8, 4) is 0 Å². The molecule has 2 heterocycles. The molecule has 0 radical (unpaired) electrons. The molecule has 2 aromatic rings. The molecule has 3 atom stereocenters. The number of benzene rings is 2. The van der Waals surface area contributed by atoms with Crippen molar-refractivity contribution < 1.29 is 45.3 Å². The number of phosphoric ester groups is 1. The molecule has 2 aliphatic heterocycles. The number of hydrogen-bond donors (Lipinski definition) is 1. The van der Waals surface area contributed by atoms with Crippen LogP contribution >= 0.6 is 7.82 Å². The smallest absolute Gasteiger partial charge is 0.338 e. The molecule has 212 valence electrons. The van der Waals surface area contributed by atoms with Crippen LogP contribution < -0.4 is 0 Å². The Balaban J connectivity index is 1.54. The Morgan fingerprint density at radius 3 is 2.38 bits per heavy atom. The first-order chi connectivity index (χ1) is 18.1. The summed E-state index contributed by atoms with van der Waals surface area (Å²) in [6.45, 7) is 1.81. The van der Waals surface area contributed by atoms with Crippen LogP contribution in [0.2, 0.25) is 0 Å². The average Bonchev–Trinajstić information content (AvgIpc) is 3.25. The van der Waals surface area contributed by atoms with Gasteiger partial charge in [-0.3, -0.25) is 13.8 Å². The highest BCUT2D eigenvalue weighted by Crippen LogP contribution is 2.54. The first-order valence-corrected chi connectivity index (χ1v) is 14.1. The lowest BCUT2D eigenvalue weighted by atomic mass is 9.63. The maximum absolute atomic E-state index is 14.8. The van der Waals surface area contributed by atoms with Gasteiger partial charge in [0.05, 0.1) is 18.6 Å². The summed E-state index contributed by atoms with van der Waals surface area (Å²) in [5.74, 6) is -0.729. The number of amides is 1. The minimum absolute atomic E-state index is 0.305. The largest absolute Gasteiger partial charge is 0.472 e. The first-order valence-electron chi connectivity index (χ1n) is 12.6. The number of fused-ring (bicyclic) bond motifs is 3. The number of hydrogen-bond acceptors (Lipinski definition) is 4. The molecule has 2 aromatic carbocycles. The molecule has 2 fully saturated rings. The lowest BCUT2D eigenvalue weighted by Crippen LogP contribution is -2.55. The molecule has 1 aliphatic carbocycles. The summed E-state index contributed by atoms with van der Waals surface area (Å²) >= 11 is 0. The first kappa shape index (κ1) is 28.2. The fraction of sp³-hybridized carbons (Fsp3) is 0.519. The van der Waals surface area contributed by atoms with Crippen LogP contribution in [0, 0.1) is 11.2 Å². The van der Waals surface area contributed by atoms with Crippen LogP contribution in [-0.2, 0) is 42.3 Å². The number of halogens is 5. The van der Waals surface area contributed by atoms with Gasteiger partial charge in [0.2, 0.25) is 11.6 Å². The molecule has 1 unspecified atom stereocenters. The van der Waals surface area contributed by atoms with Crippen molar-refractivity contribution in [3.05, 3.63) is 70.5 Å². The van der Waals surface area contributed by atoms with E-state index in [1.807, 2.05) is 0 Å². The zero-order valence-corrected chi connectivity index (χ0v) is 22.3. The molecule has 0 aromatic heterocycles. The van der Waals surface area contributed by atoms with Gasteiger partial charge in [0.15, 0.2) is 0 Å². The second kappa shape index (κ2) is 9.36. The van der Waals surface area contributed by atoms with Gasteiger partial charge in [0.1, 0.15) is 5.82 Å². The highest BCUT2D eigenvalue weighted by atomic mass is 31.2. The molecule has 39 heavy (non-hydrogen) atoms. The predicted molar refractivity (Wildman–Crippen MR) is 131 cm³/mol. The maximum atomic E-state index is 14.8. The zero-order chi connectivity index (χ0) is 28.4. The summed E-state index contributed by atoms with van der Waals surface area (Å²) in [5.41, 5.74) is -3.82. The van der Waals surface area contributed by atoms with Gasteiger partial charge in [-0.05, 0) is 73.9 Å². The molecule has 6 nitrogen and oxygen atoms in total. The van der Waals surface area contributed by atoms with Crippen LogP contribution in [0.15, 0.2) is 42.5 Å². The Hall–Kier alpha value is -2.33. The third-order valence-corrected chi connectivity index (χ3v) is 9.43. The Morgan fingerprint density at radius 2 is 1.77 bits per heavy atom. The Labute approximate surface area is 222 Å². The van der Waals surface area contributed by atoms with E-state index in [4.69, 9.17) is 9.05 Å². The van der Waals surface area contributed by atoms with Gasteiger partial charge < -0.3 is 9.79 Å². The number of carbonyl (C=O) groups is 1. The van der Waals surface area contributed by atoms with E-state index < -0.39 is 41.9 Å². The minimum atomic E-state index is -5.08. The monoisotopic (exact) mass is 573 g/mol. The maximum Gasteiger partial charge on any atom is 0.472 e. The van der Waals surface area contributed by atoms with Crippen LogP contribution in [0.1, 0.15) is 48.9 Å². The Morgan fingerprint density at radius 1 is 1.13 bits per heavy atom. The van der Waals surface area contributed by atoms with Crippen LogP contribution in [-0.4, -0.2) is 47.7 Å². The minimum Gasteiger partial charge on any atom is -0.338 e. The van der Waals surface area contributed by atoms with Crippen molar-refractivity contribution in [3.63, 3.8) is 0 Å². The van der Waals surface area contributed by atoms with Crippen molar-refractivity contribution in [2.45, 2.75) is 62.8 Å². The zero-order valence-electron chi connectivity index (χ0n) is 21.4. The molecule has 1 amide bonds. The van der Waals surface area contributed by atoms with E-state index in [0.717, 1.165) is 17.2 Å². The third-order valence-electron chi connectivity index (χ3n) is 8.52. The van der Waals surface area contributed by atoms with Gasteiger partial charge in [0.25, 0.3) is 0 Å². The lowest BCUT2D eigenvalue weighted by molar-refractivity contribution is -0.228. The molecular weight excluding hydrogens is 544 g/mol. The number of alkyl halides is 4. The van der Waals surface area contributed by atoms with Crippen molar-refractivity contribution >= 4 is 13.7 Å². The van der Waals surface area contributed by atoms with Gasteiger partial charge in [-0.15, -0.1) is 0 Å². The molecule has 1 N–H and O–H groups in total. The predicted octanol–water partition coefficient (Wildman–Crippen LogP) is 5.75. The number of nitrogens with zero attached hydrogens (tertiary/aromatic N) is 1. The molecule has 0 saturated carbocycles.